The normalized spacial score (nSPS) is 10.4. The zero-order valence-corrected chi connectivity index (χ0v) is 15.8. The fourth-order valence-corrected chi connectivity index (χ4v) is 2.74. The molecule has 0 aliphatic rings. The number of aromatic nitrogens is 4. The number of nitriles is 1. The summed E-state index contributed by atoms with van der Waals surface area (Å²) in [6, 6.07) is 13.6. The molecule has 0 aliphatic carbocycles. The number of amides is 1. The third-order valence-corrected chi connectivity index (χ3v) is 4.27. The SMILES string of the molecule is CCCCc1ccc(CC(=O)Nc2cnn(Cc3ccc(C#N)cn3)n2)cc1. The van der Waals surface area contributed by atoms with Crippen LogP contribution in [0.15, 0.2) is 48.8 Å². The summed E-state index contributed by atoms with van der Waals surface area (Å²) in [6.45, 7) is 2.54. The van der Waals surface area contributed by atoms with Crippen LogP contribution in [0.25, 0.3) is 0 Å². The lowest BCUT2D eigenvalue weighted by Crippen LogP contribution is -2.15. The van der Waals surface area contributed by atoms with E-state index in [0.717, 1.165) is 17.7 Å². The van der Waals surface area contributed by atoms with E-state index < -0.39 is 0 Å². The molecule has 1 aromatic carbocycles. The molecular weight excluding hydrogens is 352 g/mol. The number of hydrogen-bond donors (Lipinski definition) is 1. The molecule has 0 radical (unpaired) electrons. The highest BCUT2D eigenvalue weighted by Gasteiger charge is 2.08. The van der Waals surface area contributed by atoms with Gasteiger partial charge in [0.1, 0.15) is 12.6 Å². The Kier molecular flexibility index (Phi) is 6.47. The number of anilines is 1. The van der Waals surface area contributed by atoms with E-state index in [0.29, 0.717) is 17.9 Å². The Balaban J connectivity index is 1.52. The Morgan fingerprint density at radius 2 is 1.93 bits per heavy atom. The summed E-state index contributed by atoms with van der Waals surface area (Å²) < 4.78 is 0. The highest BCUT2D eigenvalue weighted by molar-refractivity contribution is 5.91. The molecule has 0 saturated heterocycles. The van der Waals surface area contributed by atoms with Crippen LogP contribution in [0, 0.1) is 11.3 Å². The van der Waals surface area contributed by atoms with Crippen LogP contribution in [0.4, 0.5) is 5.82 Å². The summed E-state index contributed by atoms with van der Waals surface area (Å²) in [5.74, 6) is 0.267. The van der Waals surface area contributed by atoms with E-state index in [4.69, 9.17) is 5.26 Å². The first-order chi connectivity index (χ1) is 13.7. The van der Waals surface area contributed by atoms with Gasteiger partial charge in [-0.2, -0.15) is 15.2 Å². The fourth-order valence-electron chi connectivity index (χ4n) is 2.74. The molecule has 3 aromatic rings. The van der Waals surface area contributed by atoms with Crippen molar-refractivity contribution in [1.29, 1.82) is 5.26 Å². The Bertz CT molecular complexity index is 954. The predicted molar refractivity (Wildman–Crippen MR) is 105 cm³/mol. The summed E-state index contributed by atoms with van der Waals surface area (Å²) in [6.07, 6.45) is 6.72. The molecule has 7 nitrogen and oxygen atoms in total. The molecule has 0 fully saturated rings. The number of rotatable bonds is 8. The molecule has 0 atom stereocenters. The Labute approximate surface area is 164 Å². The quantitative estimate of drug-likeness (QED) is 0.653. The summed E-state index contributed by atoms with van der Waals surface area (Å²) in [5, 5.41) is 20.0. The third kappa shape index (κ3) is 5.48. The van der Waals surface area contributed by atoms with Gasteiger partial charge in [0, 0.05) is 6.20 Å². The van der Waals surface area contributed by atoms with Gasteiger partial charge in [0.05, 0.1) is 23.9 Å². The Morgan fingerprint density at radius 1 is 1.14 bits per heavy atom. The average Bonchev–Trinajstić information content (AvgIpc) is 3.14. The van der Waals surface area contributed by atoms with E-state index in [1.165, 1.54) is 35.6 Å². The molecule has 1 N–H and O–H groups in total. The minimum Gasteiger partial charge on any atom is -0.308 e. The van der Waals surface area contributed by atoms with Crippen molar-refractivity contribution in [3.05, 3.63) is 71.2 Å². The molecule has 3 rings (SSSR count). The van der Waals surface area contributed by atoms with Crippen LogP contribution >= 0.6 is 0 Å². The second-order valence-electron chi connectivity index (χ2n) is 6.56. The van der Waals surface area contributed by atoms with Gasteiger partial charge in [-0.1, -0.05) is 37.6 Å². The molecule has 2 heterocycles. The Hall–Kier alpha value is -3.53. The molecule has 7 heteroatoms. The minimum atomic E-state index is -0.134. The van der Waals surface area contributed by atoms with E-state index in [-0.39, 0.29) is 12.3 Å². The van der Waals surface area contributed by atoms with Crippen molar-refractivity contribution in [1.82, 2.24) is 20.0 Å². The lowest BCUT2D eigenvalue weighted by molar-refractivity contribution is -0.115. The number of pyridine rings is 1. The molecular formula is C21H22N6O. The average molecular weight is 374 g/mol. The summed E-state index contributed by atoms with van der Waals surface area (Å²) >= 11 is 0. The largest absolute Gasteiger partial charge is 0.308 e. The maximum atomic E-state index is 12.2. The number of hydrogen-bond acceptors (Lipinski definition) is 5. The van der Waals surface area contributed by atoms with Gasteiger partial charge in [-0.05, 0) is 36.1 Å². The van der Waals surface area contributed by atoms with Crippen LogP contribution in [-0.2, 0) is 24.2 Å². The van der Waals surface area contributed by atoms with Crippen molar-refractivity contribution in [3.8, 4) is 6.07 Å². The van der Waals surface area contributed by atoms with Crippen molar-refractivity contribution in [2.24, 2.45) is 0 Å². The van der Waals surface area contributed by atoms with Crippen LogP contribution in [0.1, 0.15) is 42.1 Å². The van der Waals surface area contributed by atoms with E-state index in [1.54, 1.807) is 12.1 Å². The second kappa shape index (κ2) is 9.42. The highest BCUT2D eigenvalue weighted by atomic mass is 16.1. The lowest BCUT2D eigenvalue weighted by atomic mass is 10.0. The highest BCUT2D eigenvalue weighted by Crippen LogP contribution is 2.10. The summed E-state index contributed by atoms with van der Waals surface area (Å²) in [4.78, 5) is 17.9. The van der Waals surface area contributed by atoms with Gasteiger partial charge in [0.25, 0.3) is 0 Å². The molecule has 0 spiro atoms. The molecule has 0 aliphatic heterocycles. The van der Waals surface area contributed by atoms with E-state index in [1.807, 2.05) is 18.2 Å². The second-order valence-corrected chi connectivity index (χ2v) is 6.56. The first-order valence-corrected chi connectivity index (χ1v) is 9.29. The monoisotopic (exact) mass is 374 g/mol. The van der Waals surface area contributed by atoms with Crippen molar-refractivity contribution in [3.63, 3.8) is 0 Å². The number of unbranched alkanes of at least 4 members (excludes halogenated alkanes) is 1. The first-order valence-electron chi connectivity index (χ1n) is 9.29. The van der Waals surface area contributed by atoms with Gasteiger partial charge >= 0.3 is 0 Å². The number of nitrogens with zero attached hydrogens (tertiary/aromatic N) is 5. The number of nitrogens with one attached hydrogen (secondary N) is 1. The minimum absolute atomic E-state index is 0.134. The van der Waals surface area contributed by atoms with Gasteiger partial charge in [0.15, 0.2) is 5.82 Å². The third-order valence-electron chi connectivity index (χ3n) is 4.27. The topological polar surface area (TPSA) is 96.5 Å². The Morgan fingerprint density at radius 3 is 2.61 bits per heavy atom. The van der Waals surface area contributed by atoms with E-state index >= 15 is 0 Å². The smallest absolute Gasteiger partial charge is 0.230 e. The van der Waals surface area contributed by atoms with Gasteiger partial charge in [-0.25, -0.2) is 0 Å². The lowest BCUT2D eigenvalue weighted by Gasteiger charge is -2.04. The van der Waals surface area contributed by atoms with Crippen LogP contribution in [-0.4, -0.2) is 25.9 Å². The standard InChI is InChI=1S/C21H22N6O/c1-2-3-4-16-5-7-17(8-6-16)11-21(28)25-20-14-24-27(26-20)15-19-10-9-18(12-22)13-23-19/h5-10,13-14H,2-4,11,15H2,1H3,(H,25,26,28). The predicted octanol–water partition coefficient (Wildman–Crippen LogP) is 3.12. The van der Waals surface area contributed by atoms with Crippen LogP contribution < -0.4 is 5.32 Å². The van der Waals surface area contributed by atoms with Crippen molar-refractivity contribution in [2.75, 3.05) is 5.32 Å². The molecule has 2 aromatic heterocycles. The van der Waals surface area contributed by atoms with Crippen LogP contribution in [0.2, 0.25) is 0 Å². The molecule has 28 heavy (non-hydrogen) atoms. The van der Waals surface area contributed by atoms with Crippen LogP contribution in [0.5, 0.6) is 0 Å². The molecule has 1 amide bonds. The van der Waals surface area contributed by atoms with Gasteiger partial charge in [-0.15, -0.1) is 5.10 Å². The number of carbonyl (C=O) groups is 1. The molecule has 0 unspecified atom stereocenters. The number of carbonyl (C=O) groups excluding carboxylic acids is 1. The van der Waals surface area contributed by atoms with Gasteiger partial charge in [0.2, 0.25) is 5.91 Å². The van der Waals surface area contributed by atoms with E-state index in [9.17, 15) is 4.79 Å². The molecule has 142 valence electrons. The van der Waals surface area contributed by atoms with Crippen molar-refractivity contribution >= 4 is 11.7 Å². The number of aryl methyl sites for hydroxylation is 1. The molecule has 0 bridgehead atoms. The zero-order chi connectivity index (χ0) is 19.8. The fraction of sp³-hybridized carbons (Fsp3) is 0.286. The maximum absolute atomic E-state index is 12.2. The van der Waals surface area contributed by atoms with Crippen molar-refractivity contribution in [2.45, 2.75) is 39.2 Å². The van der Waals surface area contributed by atoms with Crippen molar-refractivity contribution < 1.29 is 4.79 Å². The first kappa shape index (κ1) is 19.2. The van der Waals surface area contributed by atoms with Crippen LogP contribution in [0.3, 0.4) is 0 Å². The van der Waals surface area contributed by atoms with Gasteiger partial charge < -0.3 is 5.32 Å². The summed E-state index contributed by atoms with van der Waals surface area (Å²) in [5.41, 5.74) is 3.50. The zero-order valence-electron chi connectivity index (χ0n) is 15.8. The maximum Gasteiger partial charge on any atom is 0.230 e. The molecule has 0 saturated carbocycles. The summed E-state index contributed by atoms with van der Waals surface area (Å²) in [7, 11) is 0. The number of benzene rings is 1. The van der Waals surface area contributed by atoms with Gasteiger partial charge in [-0.3, -0.25) is 9.78 Å². The van der Waals surface area contributed by atoms with E-state index in [2.05, 4.69) is 39.6 Å².